The lowest BCUT2D eigenvalue weighted by Gasteiger charge is -2.24. The van der Waals surface area contributed by atoms with Gasteiger partial charge in [0.2, 0.25) is 0 Å². The molecule has 0 heterocycles. The molecule has 0 aliphatic heterocycles. The minimum absolute atomic E-state index is 0.490. The largest absolute Gasteiger partial charge is 0.147 e. The molecule has 0 aromatic heterocycles. The van der Waals surface area contributed by atoms with Crippen LogP contribution in [0.15, 0.2) is 11.6 Å². The van der Waals surface area contributed by atoms with Crippen LogP contribution in [-0.2, 0) is 0 Å². The van der Waals surface area contributed by atoms with Crippen molar-refractivity contribution >= 4 is 23.5 Å². The van der Waals surface area contributed by atoms with E-state index in [1.54, 1.807) is 5.57 Å². The lowest BCUT2D eigenvalue weighted by atomic mass is 10.3. The summed E-state index contributed by atoms with van der Waals surface area (Å²) in [6.07, 6.45) is 9.31. The van der Waals surface area contributed by atoms with Crippen LogP contribution >= 0.6 is 23.5 Å². The summed E-state index contributed by atoms with van der Waals surface area (Å²) in [6.45, 7) is 2.23. The van der Waals surface area contributed by atoms with Gasteiger partial charge >= 0.3 is 0 Å². The zero-order valence-corrected chi connectivity index (χ0v) is 8.44. The highest BCUT2D eigenvalue weighted by Crippen LogP contribution is 2.46. The monoisotopic (exact) mass is 174 g/mol. The molecule has 2 heteroatoms. The van der Waals surface area contributed by atoms with Crippen LogP contribution in [0.25, 0.3) is 0 Å². The number of allylic oxidation sites excluding steroid dienone is 2. The third-order valence-corrected chi connectivity index (χ3v) is 5.16. The first-order valence-electron chi connectivity index (χ1n) is 3.48. The Balaban J connectivity index is 2.57. The van der Waals surface area contributed by atoms with Gasteiger partial charge in [0, 0.05) is 0 Å². The van der Waals surface area contributed by atoms with E-state index in [0.29, 0.717) is 4.08 Å². The Kier molecular flexibility index (Phi) is 2.75. The Morgan fingerprint density at radius 3 is 2.20 bits per heavy atom. The molecule has 0 unspecified atom stereocenters. The van der Waals surface area contributed by atoms with Gasteiger partial charge in [-0.2, -0.15) is 0 Å². The average molecular weight is 174 g/mol. The fourth-order valence-corrected chi connectivity index (χ4v) is 3.20. The van der Waals surface area contributed by atoms with Crippen LogP contribution in [0.5, 0.6) is 0 Å². The second-order valence-corrected chi connectivity index (χ2v) is 5.39. The molecular formula is C8H14S2. The van der Waals surface area contributed by atoms with E-state index in [1.807, 2.05) is 23.5 Å². The van der Waals surface area contributed by atoms with Crippen LogP contribution in [0.3, 0.4) is 0 Å². The molecule has 10 heavy (non-hydrogen) atoms. The second kappa shape index (κ2) is 3.22. The van der Waals surface area contributed by atoms with Crippen molar-refractivity contribution in [2.45, 2.75) is 23.8 Å². The van der Waals surface area contributed by atoms with Gasteiger partial charge in [-0.05, 0) is 32.3 Å². The highest BCUT2D eigenvalue weighted by Gasteiger charge is 2.30. The Morgan fingerprint density at radius 1 is 1.40 bits per heavy atom. The molecule has 0 amide bonds. The van der Waals surface area contributed by atoms with Gasteiger partial charge < -0.3 is 0 Å². The first-order chi connectivity index (χ1) is 4.72. The maximum atomic E-state index is 2.37. The molecule has 58 valence electrons. The van der Waals surface area contributed by atoms with Crippen LogP contribution in [0, 0.1) is 0 Å². The van der Waals surface area contributed by atoms with Crippen molar-refractivity contribution in [3.63, 3.8) is 0 Å². The molecule has 1 aliphatic rings. The SMILES string of the molecule is CSC1(SC)CC=C(C)C1. The summed E-state index contributed by atoms with van der Waals surface area (Å²) in [4.78, 5) is 0. The van der Waals surface area contributed by atoms with E-state index < -0.39 is 0 Å². The number of thioether (sulfide) groups is 2. The Labute approximate surface area is 71.8 Å². The van der Waals surface area contributed by atoms with Gasteiger partial charge in [0.05, 0.1) is 4.08 Å². The minimum Gasteiger partial charge on any atom is -0.147 e. The third kappa shape index (κ3) is 1.54. The van der Waals surface area contributed by atoms with Gasteiger partial charge in [0.1, 0.15) is 0 Å². The van der Waals surface area contributed by atoms with Crippen molar-refractivity contribution in [3.05, 3.63) is 11.6 Å². The molecule has 0 saturated heterocycles. The molecular weight excluding hydrogens is 160 g/mol. The van der Waals surface area contributed by atoms with E-state index in [4.69, 9.17) is 0 Å². The van der Waals surface area contributed by atoms with E-state index in [9.17, 15) is 0 Å². The second-order valence-electron chi connectivity index (χ2n) is 2.75. The minimum atomic E-state index is 0.490. The van der Waals surface area contributed by atoms with Crippen LogP contribution < -0.4 is 0 Å². The van der Waals surface area contributed by atoms with Gasteiger partial charge in [-0.3, -0.25) is 0 Å². The molecule has 0 aromatic rings. The molecule has 1 aliphatic carbocycles. The fraction of sp³-hybridized carbons (Fsp3) is 0.750. The first kappa shape index (κ1) is 8.54. The highest BCUT2D eigenvalue weighted by atomic mass is 32.2. The standard InChI is InChI=1S/C8H14S2/c1-7-4-5-8(6-7,9-2)10-3/h4H,5-6H2,1-3H3. The predicted octanol–water partition coefficient (Wildman–Crippen LogP) is 3.15. The van der Waals surface area contributed by atoms with Crippen LogP contribution in [0.2, 0.25) is 0 Å². The molecule has 0 N–H and O–H groups in total. The van der Waals surface area contributed by atoms with Crippen molar-refractivity contribution in [2.75, 3.05) is 12.5 Å². The summed E-state index contributed by atoms with van der Waals surface area (Å²) < 4.78 is 0.490. The zero-order valence-electron chi connectivity index (χ0n) is 6.81. The molecule has 0 atom stereocenters. The van der Waals surface area contributed by atoms with Crippen molar-refractivity contribution in [1.82, 2.24) is 0 Å². The average Bonchev–Trinajstić information content (AvgIpc) is 2.33. The normalized spacial score (nSPS) is 22.9. The quantitative estimate of drug-likeness (QED) is 0.466. The van der Waals surface area contributed by atoms with E-state index in [0.717, 1.165) is 0 Å². The molecule has 0 saturated carbocycles. The maximum Gasteiger partial charge on any atom is 0.0676 e. The summed E-state index contributed by atoms with van der Waals surface area (Å²) in [7, 11) is 0. The Hall–Kier alpha value is 0.440. The number of hydrogen-bond acceptors (Lipinski definition) is 2. The van der Waals surface area contributed by atoms with Gasteiger partial charge in [-0.15, -0.1) is 23.5 Å². The summed E-state index contributed by atoms with van der Waals surface area (Å²) in [5.74, 6) is 0. The predicted molar refractivity (Wildman–Crippen MR) is 52.8 cm³/mol. The van der Waals surface area contributed by atoms with Gasteiger partial charge in [-0.25, -0.2) is 0 Å². The van der Waals surface area contributed by atoms with Crippen molar-refractivity contribution in [3.8, 4) is 0 Å². The molecule has 0 spiro atoms. The van der Waals surface area contributed by atoms with Crippen molar-refractivity contribution < 1.29 is 0 Å². The maximum absolute atomic E-state index is 2.37. The van der Waals surface area contributed by atoms with Gasteiger partial charge in [0.15, 0.2) is 0 Å². The number of rotatable bonds is 2. The summed E-state index contributed by atoms with van der Waals surface area (Å²) in [6, 6.07) is 0. The Morgan fingerprint density at radius 2 is 2.00 bits per heavy atom. The van der Waals surface area contributed by atoms with Crippen molar-refractivity contribution in [2.24, 2.45) is 0 Å². The third-order valence-electron chi connectivity index (χ3n) is 2.05. The van der Waals surface area contributed by atoms with Crippen LogP contribution in [0.4, 0.5) is 0 Å². The first-order valence-corrected chi connectivity index (χ1v) is 5.93. The summed E-state index contributed by atoms with van der Waals surface area (Å²) >= 11 is 3.99. The molecule has 0 radical (unpaired) electrons. The molecule has 0 aromatic carbocycles. The van der Waals surface area contributed by atoms with Crippen LogP contribution in [0.1, 0.15) is 19.8 Å². The summed E-state index contributed by atoms with van der Waals surface area (Å²) in [5, 5.41) is 0. The topological polar surface area (TPSA) is 0 Å². The van der Waals surface area contributed by atoms with E-state index >= 15 is 0 Å². The lowest BCUT2D eigenvalue weighted by molar-refractivity contribution is 0.868. The van der Waals surface area contributed by atoms with E-state index in [1.165, 1.54) is 12.8 Å². The molecule has 0 bridgehead atoms. The zero-order chi connectivity index (χ0) is 7.61. The summed E-state index contributed by atoms with van der Waals surface area (Å²) in [5.41, 5.74) is 1.56. The molecule has 0 nitrogen and oxygen atoms in total. The molecule has 1 rings (SSSR count). The fourth-order valence-electron chi connectivity index (χ4n) is 1.29. The molecule has 0 fully saturated rings. The smallest absolute Gasteiger partial charge is 0.0676 e. The number of hydrogen-bond donors (Lipinski definition) is 0. The van der Waals surface area contributed by atoms with E-state index in [2.05, 4.69) is 25.5 Å². The highest BCUT2D eigenvalue weighted by molar-refractivity contribution is 8.17. The van der Waals surface area contributed by atoms with Gasteiger partial charge in [-0.1, -0.05) is 11.6 Å². The van der Waals surface area contributed by atoms with Crippen LogP contribution in [-0.4, -0.2) is 16.6 Å². The lowest BCUT2D eigenvalue weighted by Crippen LogP contribution is -2.13. The van der Waals surface area contributed by atoms with E-state index in [-0.39, 0.29) is 0 Å². The van der Waals surface area contributed by atoms with Gasteiger partial charge in [0.25, 0.3) is 0 Å². The Bertz CT molecular complexity index is 145. The van der Waals surface area contributed by atoms with Crippen molar-refractivity contribution in [1.29, 1.82) is 0 Å².